The Labute approximate surface area is 104 Å². The molecule has 0 radical (unpaired) electrons. The molecule has 2 heterocycles. The number of Topliss-reactive ketones (excluding diaryl/α,β-unsaturated/α-hetero) is 1. The largest absolute Gasteiger partial charge is 0.367 e. The standard InChI is InChI=1S/C12H13N3OS/c1-9(16)12-4-3-11(5-13-12)15(2)6-10-7-17-8-14-10/h3-5,7-8H,6H2,1-2H3. The second-order valence-corrected chi connectivity index (χ2v) is 4.51. The molecular weight excluding hydrogens is 234 g/mol. The molecule has 2 aromatic rings. The van der Waals surface area contributed by atoms with Crippen molar-refractivity contribution in [2.75, 3.05) is 11.9 Å². The summed E-state index contributed by atoms with van der Waals surface area (Å²) in [6.45, 7) is 2.26. The van der Waals surface area contributed by atoms with Crippen LogP contribution in [-0.4, -0.2) is 22.8 Å². The second-order valence-electron chi connectivity index (χ2n) is 3.79. The number of aromatic nitrogens is 2. The highest BCUT2D eigenvalue weighted by atomic mass is 32.1. The molecule has 17 heavy (non-hydrogen) atoms. The number of thiazole rings is 1. The first-order valence-corrected chi connectivity index (χ1v) is 6.16. The SMILES string of the molecule is CC(=O)c1ccc(N(C)Cc2cscn2)cn1. The van der Waals surface area contributed by atoms with Gasteiger partial charge in [0.1, 0.15) is 5.69 Å². The Morgan fingerprint density at radius 1 is 1.41 bits per heavy atom. The van der Waals surface area contributed by atoms with E-state index in [1.54, 1.807) is 23.6 Å². The molecule has 4 nitrogen and oxygen atoms in total. The molecule has 5 heteroatoms. The normalized spacial score (nSPS) is 10.2. The fourth-order valence-electron chi connectivity index (χ4n) is 1.47. The maximum absolute atomic E-state index is 11.1. The lowest BCUT2D eigenvalue weighted by molar-refractivity contribution is 0.101. The summed E-state index contributed by atoms with van der Waals surface area (Å²) in [5.41, 5.74) is 4.33. The lowest BCUT2D eigenvalue weighted by Crippen LogP contribution is -2.17. The molecule has 0 saturated heterocycles. The van der Waals surface area contributed by atoms with Crippen LogP contribution < -0.4 is 4.90 Å². The summed E-state index contributed by atoms with van der Waals surface area (Å²) in [7, 11) is 1.98. The van der Waals surface area contributed by atoms with Crippen LogP contribution in [0.2, 0.25) is 0 Å². The minimum atomic E-state index is -0.0151. The van der Waals surface area contributed by atoms with Gasteiger partial charge in [-0.1, -0.05) is 0 Å². The Balaban J connectivity index is 2.09. The highest BCUT2D eigenvalue weighted by molar-refractivity contribution is 7.07. The Bertz CT molecular complexity index is 493. The van der Waals surface area contributed by atoms with Crippen LogP contribution in [-0.2, 0) is 6.54 Å². The van der Waals surface area contributed by atoms with E-state index in [4.69, 9.17) is 0 Å². The Morgan fingerprint density at radius 3 is 2.76 bits per heavy atom. The van der Waals surface area contributed by atoms with Gasteiger partial charge in [-0.2, -0.15) is 0 Å². The molecule has 0 fully saturated rings. The van der Waals surface area contributed by atoms with Gasteiger partial charge in [-0.25, -0.2) is 4.98 Å². The topological polar surface area (TPSA) is 46.1 Å². The van der Waals surface area contributed by atoms with Crippen molar-refractivity contribution in [1.82, 2.24) is 9.97 Å². The van der Waals surface area contributed by atoms with Crippen molar-refractivity contribution in [2.45, 2.75) is 13.5 Å². The third kappa shape index (κ3) is 2.88. The molecular formula is C12H13N3OS. The van der Waals surface area contributed by atoms with Crippen LogP contribution in [0.15, 0.2) is 29.2 Å². The van der Waals surface area contributed by atoms with Gasteiger partial charge in [0.05, 0.1) is 29.6 Å². The van der Waals surface area contributed by atoms with E-state index in [0.29, 0.717) is 5.69 Å². The minimum Gasteiger partial charge on any atom is -0.367 e. The van der Waals surface area contributed by atoms with Gasteiger partial charge in [-0.05, 0) is 12.1 Å². The lowest BCUT2D eigenvalue weighted by atomic mass is 10.2. The number of ketones is 1. The summed E-state index contributed by atoms with van der Waals surface area (Å²) in [5, 5.41) is 2.02. The molecule has 0 N–H and O–H groups in total. The van der Waals surface area contributed by atoms with Gasteiger partial charge < -0.3 is 4.90 Å². The Hall–Kier alpha value is -1.75. The van der Waals surface area contributed by atoms with E-state index in [0.717, 1.165) is 17.9 Å². The van der Waals surface area contributed by atoms with E-state index >= 15 is 0 Å². The van der Waals surface area contributed by atoms with E-state index in [9.17, 15) is 4.79 Å². The predicted molar refractivity (Wildman–Crippen MR) is 68.5 cm³/mol. The molecule has 0 spiro atoms. The van der Waals surface area contributed by atoms with Gasteiger partial charge in [-0.15, -0.1) is 11.3 Å². The quantitative estimate of drug-likeness (QED) is 0.778. The van der Waals surface area contributed by atoms with Gasteiger partial charge in [0, 0.05) is 19.4 Å². The van der Waals surface area contributed by atoms with Crippen LogP contribution in [0.4, 0.5) is 5.69 Å². The van der Waals surface area contributed by atoms with E-state index in [1.807, 2.05) is 28.9 Å². The summed E-state index contributed by atoms with van der Waals surface area (Å²) in [6.07, 6.45) is 1.71. The summed E-state index contributed by atoms with van der Waals surface area (Å²) in [4.78, 5) is 21.5. The van der Waals surface area contributed by atoms with Gasteiger partial charge in [0.2, 0.25) is 0 Å². The van der Waals surface area contributed by atoms with E-state index < -0.39 is 0 Å². The highest BCUT2D eigenvalue weighted by Crippen LogP contribution is 2.14. The van der Waals surface area contributed by atoms with Crippen molar-refractivity contribution in [1.29, 1.82) is 0 Å². The summed E-state index contributed by atoms with van der Waals surface area (Å²) >= 11 is 1.59. The van der Waals surface area contributed by atoms with Crippen LogP contribution in [0.1, 0.15) is 23.1 Å². The minimum absolute atomic E-state index is 0.0151. The van der Waals surface area contributed by atoms with Crippen molar-refractivity contribution in [3.63, 3.8) is 0 Å². The first-order chi connectivity index (χ1) is 8.16. The third-order valence-electron chi connectivity index (χ3n) is 2.43. The molecule has 0 aliphatic rings. The molecule has 0 aliphatic carbocycles. The molecule has 0 aromatic carbocycles. The summed E-state index contributed by atoms with van der Waals surface area (Å²) < 4.78 is 0. The zero-order valence-electron chi connectivity index (χ0n) is 9.75. The van der Waals surface area contributed by atoms with Crippen LogP contribution in [0.3, 0.4) is 0 Å². The van der Waals surface area contributed by atoms with Crippen LogP contribution in [0.25, 0.3) is 0 Å². The fraction of sp³-hybridized carbons (Fsp3) is 0.250. The zero-order chi connectivity index (χ0) is 12.3. The second kappa shape index (κ2) is 5.05. The smallest absolute Gasteiger partial charge is 0.178 e. The predicted octanol–water partition coefficient (Wildman–Crippen LogP) is 2.38. The summed E-state index contributed by atoms with van der Waals surface area (Å²) in [6, 6.07) is 3.64. The average Bonchev–Trinajstić information content (AvgIpc) is 2.82. The van der Waals surface area contributed by atoms with Crippen molar-refractivity contribution < 1.29 is 4.79 Å². The first-order valence-electron chi connectivity index (χ1n) is 5.22. The van der Waals surface area contributed by atoms with Crippen molar-refractivity contribution in [2.24, 2.45) is 0 Å². The Kier molecular flexibility index (Phi) is 3.49. The van der Waals surface area contributed by atoms with E-state index in [1.165, 1.54) is 6.92 Å². The fourth-order valence-corrected chi connectivity index (χ4v) is 2.02. The van der Waals surface area contributed by atoms with Gasteiger partial charge in [-0.3, -0.25) is 9.78 Å². The first kappa shape index (κ1) is 11.7. The number of hydrogen-bond donors (Lipinski definition) is 0. The highest BCUT2D eigenvalue weighted by Gasteiger charge is 2.05. The lowest BCUT2D eigenvalue weighted by Gasteiger charge is -2.17. The van der Waals surface area contributed by atoms with E-state index in [-0.39, 0.29) is 5.78 Å². The van der Waals surface area contributed by atoms with Gasteiger partial charge in [0.25, 0.3) is 0 Å². The number of anilines is 1. The monoisotopic (exact) mass is 247 g/mol. The maximum Gasteiger partial charge on any atom is 0.178 e. The zero-order valence-corrected chi connectivity index (χ0v) is 10.6. The van der Waals surface area contributed by atoms with E-state index in [2.05, 4.69) is 9.97 Å². The molecule has 0 amide bonds. The van der Waals surface area contributed by atoms with Crippen LogP contribution >= 0.6 is 11.3 Å². The molecule has 2 rings (SSSR count). The molecule has 0 atom stereocenters. The maximum atomic E-state index is 11.1. The van der Waals surface area contributed by atoms with Crippen LogP contribution in [0.5, 0.6) is 0 Å². The molecule has 2 aromatic heterocycles. The number of hydrogen-bond acceptors (Lipinski definition) is 5. The number of carbonyl (C=O) groups is 1. The third-order valence-corrected chi connectivity index (χ3v) is 3.07. The molecule has 0 bridgehead atoms. The molecule has 0 unspecified atom stereocenters. The van der Waals surface area contributed by atoms with Gasteiger partial charge in [0.15, 0.2) is 5.78 Å². The number of rotatable bonds is 4. The molecule has 0 aliphatic heterocycles. The Morgan fingerprint density at radius 2 is 2.24 bits per heavy atom. The summed E-state index contributed by atoms with van der Waals surface area (Å²) in [5.74, 6) is -0.0151. The van der Waals surface area contributed by atoms with Crippen molar-refractivity contribution in [3.05, 3.63) is 40.6 Å². The average molecular weight is 247 g/mol. The van der Waals surface area contributed by atoms with Crippen LogP contribution in [0, 0.1) is 0 Å². The van der Waals surface area contributed by atoms with Crippen molar-refractivity contribution in [3.8, 4) is 0 Å². The van der Waals surface area contributed by atoms with Crippen molar-refractivity contribution >= 4 is 22.8 Å². The number of pyridine rings is 1. The number of carbonyl (C=O) groups excluding carboxylic acids is 1. The van der Waals surface area contributed by atoms with Gasteiger partial charge >= 0.3 is 0 Å². The number of nitrogens with zero attached hydrogens (tertiary/aromatic N) is 3. The molecule has 88 valence electrons. The molecule has 0 saturated carbocycles.